The molecule has 3 aromatic carbocycles. The van der Waals surface area contributed by atoms with Gasteiger partial charge in [0.15, 0.2) is 0 Å². The van der Waals surface area contributed by atoms with Gasteiger partial charge in [0.25, 0.3) is 10.0 Å². The van der Waals surface area contributed by atoms with Gasteiger partial charge in [-0.25, -0.2) is 8.42 Å². The zero-order valence-corrected chi connectivity index (χ0v) is 25.3. The molecule has 3 rings (SSSR count). The van der Waals surface area contributed by atoms with Crippen LogP contribution in [0.2, 0.25) is 10.0 Å². The van der Waals surface area contributed by atoms with Gasteiger partial charge in [-0.1, -0.05) is 47.0 Å². The summed E-state index contributed by atoms with van der Waals surface area (Å²) in [5.41, 5.74) is 1.92. The van der Waals surface area contributed by atoms with Crippen molar-refractivity contribution in [3.8, 4) is 0 Å². The Balaban J connectivity index is 2.03. The number of nitrogens with zero attached hydrogens (tertiary/aromatic N) is 2. The van der Waals surface area contributed by atoms with Crippen LogP contribution in [0.4, 0.5) is 5.69 Å². The molecule has 0 unspecified atom stereocenters. The van der Waals surface area contributed by atoms with E-state index in [4.69, 9.17) is 23.2 Å². The Morgan fingerprint density at radius 1 is 0.974 bits per heavy atom. The molecular weight excluding hydrogens is 577 g/mol. The summed E-state index contributed by atoms with van der Waals surface area (Å²) in [6, 6.07) is 17.4. The first-order chi connectivity index (χ1) is 18.5. The first-order valence-corrected chi connectivity index (χ1v) is 15.6. The van der Waals surface area contributed by atoms with Crippen LogP contribution in [0.1, 0.15) is 25.0 Å². The summed E-state index contributed by atoms with van der Waals surface area (Å²) in [6.45, 7) is 5.17. The number of carbonyl (C=O) groups excluding carboxylic acids is 2. The maximum absolute atomic E-state index is 13.9. The molecule has 39 heavy (non-hydrogen) atoms. The van der Waals surface area contributed by atoms with Crippen LogP contribution in [0.15, 0.2) is 76.5 Å². The lowest BCUT2D eigenvalue weighted by Crippen LogP contribution is -2.51. The Hall–Kier alpha value is -2.72. The molecule has 7 nitrogen and oxygen atoms in total. The summed E-state index contributed by atoms with van der Waals surface area (Å²) < 4.78 is 28.8. The molecule has 0 aromatic heterocycles. The normalized spacial score (nSPS) is 12.1. The number of sulfonamides is 1. The molecule has 11 heteroatoms. The van der Waals surface area contributed by atoms with Crippen LogP contribution in [0.3, 0.4) is 0 Å². The fraction of sp³-hybridized carbons (Fsp3) is 0.286. The van der Waals surface area contributed by atoms with E-state index >= 15 is 0 Å². The van der Waals surface area contributed by atoms with Crippen molar-refractivity contribution < 1.29 is 18.0 Å². The van der Waals surface area contributed by atoms with Gasteiger partial charge in [0.2, 0.25) is 11.8 Å². The highest BCUT2D eigenvalue weighted by Gasteiger charge is 2.32. The molecule has 0 saturated heterocycles. The highest BCUT2D eigenvalue weighted by Crippen LogP contribution is 2.27. The van der Waals surface area contributed by atoms with Crippen molar-refractivity contribution in [3.05, 3.63) is 87.9 Å². The summed E-state index contributed by atoms with van der Waals surface area (Å²) in [6.07, 6.45) is 1.90. The van der Waals surface area contributed by atoms with Crippen molar-refractivity contribution in [2.24, 2.45) is 0 Å². The number of carbonyl (C=O) groups is 2. The molecule has 0 radical (unpaired) electrons. The number of benzene rings is 3. The Labute approximate surface area is 244 Å². The standard InChI is InChI=1S/C28H31Cl2N3O4S2/c1-5-31-28(35)20(3)32(17-21-8-15-25(29)26(30)16-21)27(34)18-33(22-9-6-19(2)7-10-22)39(36,37)24-13-11-23(38-4)12-14-24/h6-16,20H,5,17-18H2,1-4H3,(H,31,35)/t20-/m1/s1. The predicted octanol–water partition coefficient (Wildman–Crippen LogP) is 5.77. The molecule has 0 aliphatic rings. The second-order valence-corrected chi connectivity index (χ2v) is 12.4. The van der Waals surface area contributed by atoms with Gasteiger partial charge >= 0.3 is 0 Å². The van der Waals surface area contributed by atoms with E-state index in [0.29, 0.717) is 27.8 Å². The minimum absolute atomic E-state index is 0.0260. The molecule has 0 saturated carbocycles. The van der Waals surface area contributed by atoms with Gasteiger partial charge in [-0.2, -0.15) is 0 Å². The maximum atomic E-state index is 13.9. The number of hydrogen-bond donors (Lipinski definition) is 1. The lowest BCUT2D eigenvalue weighted by molar-refractivity contribution is -0.139. The predicted molar refractivity (Wildman–Crippen MR) is 159 cm³/mol. The number of hydrogen-bond acceptors (Lipinski definition) is 5. The SMILES string of the molecule is CCNC(=O)[C@@H](C)N(Cc1ccc(Cl)c(Cl)c1)C(=O)CN(c1ccc(C)cc1)S(=O)(=O)c1ccc(SC)cc1. The van der Waals surface area contributed by atoms with Crippen LogP contribution in [-0.4, -0.2) is 50.5 Å². The number of halogens is 2. The van der Waals surface area contributed by atoms with Gasteiger partial charge in [0.1, 0.15) is 12.6 Å². The van der Waals surface area contributed by atoms with Gasteiger partial charge < -0.3 is 10.2 Å². The van der Waals surface area contributed by atoms with Crippen LogP contribution in [0.25, 0.3) is 0 Å². The minimum Gasteiger partial charge on any atom is -0.355 e. The van der Waals surface area contributed by atoms with E-state index < -0.39 is 28.5 Å². The zero-order valence-electron chi connectivity index (χ0n) is 22.1. The van der Waals surface area contributed by atoms with Gasteiger partial charge in [0, 0.05) is 18.0 Å². The third-order valence-corrected chi connectivity index (χ3v) is 9.37. The highest BCUT2D eigenvalue weighted by molar-refractivity contribution is 7.98. The van der Waals surface area contributed by atoms with Crippen molar-refractivity contribution >= 4 is 62.5 Å². The van der Waals surface area contributed by atoms with Crippen molar-refractivity contribution in [2.45, 2.75) is 43.1 Å². The fourth-order valence-electron chi connectivity index (χ4n) is 3.85. The zero-order chi connectivity index (χ0) is 28.7. The van der Waals surface area contributed by atoms with Gasteiger partial charge in [-0.05, 0) is 81.1 Å². The van der Waals surface area contributed by atoms with E-state index in [9.17, 15) is 18.0 Å². The summed E-state index contributed by atoms with van der Waals surface area (Å²) in [7, 11) is -4.12. The molecule has 0 aliphatic heterocycles. The Kier molecular flexibility index (Phi) is 10.7. The quantitative estimate of drug-likeness (QED) is 0.279. The van der Waals surface area contributed by atoms with E-state index in [2.05, 4.69) is 5.32 Å². The van der Waals surface area contributed by atoms with E-state index in [0.717, 1.165) is 14.8 Å². The second kappa shape index (κ2) is 13.6. The molecule has 0 aliphatic carbocycles. The average Bonchev–Trinajstić information content (AvgIpc) is 2.92. The molecule has 1 N–H and O–H groups in total. The van der Waals surface area contributed by atoms with Crippen molar-refractivity contribution in [3.63, 3.8) is 0 Å². The van der Waals surface area contributed by atoms with Crippen LogP contribution in [-0.2, 0) is 26.2 Å². The molecule has 1 atom stereocenters. The van der Waals surface area contributed by atoms with Crippen molar-refractivity contribution in [2.75, 3.05) is 23.7 Å². The number of anilines is 1. The second-order valence-electron chi connectivity index (χ2n) is 8.86. The summed E-state index contributed by atoms with van der Waals surface area (Å²) in [4.78, 5) is 29.0. The fourth-order valence-corrected chi connectivity index (χ4v) is 6.00. The maximum Gasteiger partial charge on any atom is 0.264 e. The first kappa shape index (κ1) is 30.8. The number of thioether (sulfide) groups is 1. The lowest BCUT2D eigenvalue weighted by atomic mass is 10.1. The molecular formula is C28H31Cl2N3O4S2. The lowest BCUT2D eigenvalue weighted by Gasteiger charge is -2.32. The average molecular weight is 609 g/mol. The van der Waals surface area contributed by atoms with Crippen molar-refractivity contribution in [1.82, 2.24) is 10.2 Å². The third kappa shape index (κ3) is 7.69. The van der Waals surface area contributed by atoms with Gasteiger partial charge in [-0.3, -0.25) is 13.9 Å². The van der Waals surface area contributed by atoms with Crippen LogP contribution in [0, 0.1) is 6.92 Å². The Morgan fingerprint density at radius 2 is 1.62 bits per heavy atom. The minimum atomic E-state index is -4.12. The number of amides is 2. The first-order valence-electron chi connectivity index (χ1n) is 12.2. The topological polar surface area (TPSA) is 86.8 Å². The van der Waals surface area contributed by atoms with Crippen LogP contribution >= 0.6 is 35.0 Å². The van der Waals surface area contributed by atoms with Crippen LogP contribution in [0.5, 0.6) is 0 Å². The number of likely N-dealkylation sites (N-methyl/N-ethyl adjacent to an activating group) is 1. The number of nitrogens with one attached hydrogen (secondary N) is 1. The molecule has 0 fully saturated rings. The largest absolute Gasteiger partial charge is 0.355 e. The van der Waals surface area contributed by atoms with E-state index in [1.807, 2.05) is 13.2 Å². The number of rotatable bonds is 11. The summed E-state index contributed by atoms with van der Waals surface area (Å²) >= 11 is 13.7. The number of aryl methyl sites for hydroxylation is 1. The van der Waals surface area contributed by atoms with Gasteiger partial charge in [-0.15, -0.1) is 11.8 Å². The highest BCUT2D eigenvalue weighted by atomic mass is 35.5. The summed E-state index contributed by atoms with van der Waals surface area (Å²) in [5, 5.41) is 3.40. The van der Waals surface area contributed by atoms with Crippen molar-refractivity contribution in [1.29, 1.82) is 0 Å². The van der Waals surface area contributed by atoms with E-state index in [-0.39, 0.29) is 17.3 Å². The third-order valence-electron chi connectivity index (χ3n) is 6.10. The summed E-state index contributed by atoms with van der Waals surface area (Å²) in [5.74, 6) is -0.909. The Bertz CT molecular complexity index is 1420. The molecule has 0 spiro atoms. The smallest absolute Gasteiger partial charge is 0.264 e. The van der Waals surface area contributed by atoms with E-state index in [1.165, 1.54) is 28.8 Å². The molecule has 3 aromatic rings. The van der Waals surface area contributed by atoms with Crippen LogP contribution < -0.4 is 9.62 Å². The molecule has 0 bridgehead atoms. The molecule has 208 valence electrons. The van der Waals surface area contributed by atoms with Gasteiger partial charge in [0.05, 0.1) is 20.6 Å². The van der Waals surface area contributed by atoms with E-state index in [1.54, 1.807) is 68.4 Å². The molecule has 2 amide bonds. The Morgan fingerprint density at radius 3 is 2.18 bits per heavy atom. The molecule has 0 heterocycles. The monoisotopic (exact) mass is 607 g/mol.